The second kappa shape index (κ2) is 4.39. The summed E-state index contributed by atoms with van der Waals surface area (Å²) >= 11 is 0. The van der Waals surface area contributed by atoms with Gasteiger partial charge in [-0.25, -0.2) is 0 Å². The van der Waals surface area contributed by atoms with Gasteiger partial charge in [-0.3, -0.25) is 0 Å². The number of nitrogen functional groups attached to an aromatic ring is 1. The van der Waals surface area contributed by atoms with Crippen molar-refractivity contribution in [1.82, 2.24) is 0 Å². The van der Waals surface area contributed by atoms with Gasteiger partial charge in [0.15, 0.2) is 0 Å². The maximum absolute atomic E-state index is 9.04. The minimum absolute atomic E-state index is 0.333. The Morgan fingerprint density at radius 2 is 1.56 bits per heavy atom. The lowest BCUT2D eigenvalue weighted by atomic mass is 9.78. The summed E-state index contributed by atoms with van der Waals surface area (Å²) in [4.78, 5) is 0. The van der Waals surface area contributed by atoms with E-state index >= 15 is 0 Å². The molecule has 0 atom stereocenters. The largest absolute Gasteiger partial charge is 0.490 e. The Hall–Kier alpha value is -1.78. The van der Waals surface area contributed by atoms with E-state index < -0.39 is 7.12 Å². The lowest BCUT2D eigenvalue weighted by molar-refractivity contribution is 0.426. The van der Waals surface area contributed by atoms with Gasteiger partial charge in [-0.15, -0.1) is 0 Å². The standard InChI is InChI=1S/C12H12BNO2/c14-12-8-10(6-7-11(12)13(15)16)9-4-2-1-3-5-9/h1-8,15-16H,14H2. The van der Waals surface area contributed by atoms with Gasteiger partial charge in [-0.1, -0.05) is 42.5 Å². The van der Waals surface area contributed by atoms with E-state index in [1.165, 1.54) is 0 Å². The van der Waals surface area contributed by atoms with E-state index in [1.807, 2.05) is 36.4 Å². The van der Waals surface area contributed by atoms with Gasteiger partial charge in [0.25, 0.3) is 0 Å². The highest BCUT2D eigenvalue weighted by atomic mass is 16.4. The zero-order valence-electron chi connectivity index (χ0n) is 8.67. The van der Waals surface area contributed by atoms with Gasteiger partial charge in [0.1, 0.15) is 0 Å². The monoisotopic (exact) mass is 213 g/mol. The molecule has 0 aliphatic rings. The second-order valence-electron chi connectivity index (χ2n) is 3.58. The van der Waals surface area contributed by atoms with Gasteiger partial charge in [0.2, 0.25) is 0 Å². The predicted molar refractivity (Wildman–Crippen MR) is 66.1 cm³/mol. The number of hydrogen-bond donors (Lipinski definition) is 3. The van der Waals surface area contributed by atoms with Crippen molar-refractivity contribution < 1.29 is 10.0 Å². The number of rotatable bonds is 2. The highest BCUT2D eigenvalue weighted by Crippen LogP contribution is 2.19. The average molecular weight is 213 g/mol. The molecule has 0 bridgehead atoms. The third kappa shape index (κ3) is 2.08. The van der Waals surface area contributed by atoms with Crippen molar-refractivity contribution in [3.8, 4) is 11.1 Å². The number of hydrogen-bond acceptors (Lipinski definition) is 3. The summed E-state index contributed by atoms with van der Waals surface area (Å²) in [6, 6.07) is 15.0. The van der Waals surface area contributed by atoms with Crippen LogP contribution in [0.15, 0.2) is 48.5 Å². The van der Waals surface area contributed by atoms with Crippen molar-refractivity contribution in [2.75, 3.05) is 5.73 Å². The Morgan fingerprint density at radius 3 is 2.12 bits per heavy atom. The zero-order chi connectivity index (χ0) is 11.5. The van der Waals surface area contributed by atoms with Crippen molar-refractivity contribution in [2.24, 2.45) is 0 Å². The molecule has 80 valence electrons. The highest BCUT2D eigenvalue weighted by Gasteiger charge is 2.14. The molecule has 2 aromatic rings. The first-order valence-corrected chi connectivity index (χ1v) is 4.99. The number of anilines is 1. The van der Waals surface area contributed by atoms with Crippen molar-refractivity contribution in [3.63, 3.8) is 0 Å². The van der Waals surface area contributed by atoms with Crippen LogP contribution in [0.3, 0.4) is 0 Å². The summed E-state index contributed by atoms with van der Waals surface area (Å²) < 4.78 is 0. The molecule has 0 heterocycles. The van der Waals surface area contributed by atoms with E-state index in [-0.39, 0.29) is 0 Å². The van der Waals surface area contributed by atoms with Crippen LogP contribution in [0.2, 0.25) is 0 Å². The maximum Gasteiger partial charge on any atom is 0.490 e. The molecule has 2 rings (SSSR count). The molecular formula is C12H12BNO2. The highest BCUT2D eigenvalue weighted by molar-refractivity contribution is 6.60. The molecule has 4 heteroatoms. The minimum atomic E-state index is -1.52. The van der Waals surface area contributed by atoms with Crippen LogP contribution in [0.5, 0.6) is 0 Å². The average Bonchev–Trinajstić information content (AvgIpc) is 2.29. The van der Waals surface area contributed by atoms with Gasteiger partial charge >= 0.3 is 7.12 Å². The Bertz CT molecular complexity index is 486. The van der Waals surface area contributed by atoms with Gasteiger partial charge < -0.3 is 15.8 Å². The fraction of sp³-hybridized carbons (Fsp3) is 0. The molecule has 0 amide bonds. The fourth-order valence-electron chi connectivity index (χ4n) is 1.62. The number of nitrogens with two attached hydrogens (primary N) is 1. The molecule has 4 N–H and O–H groups in total. The SMILES string of the molecule is Nc1cc(-c2ccccc2)ccc1B(O)O. The van der Waals surface area contributed by atoms with Crippen LogP contribution in [0.25, 0.3) is 11.1 Å². The van der Waals surface area contributed by atoms with Crippen LogP contribution in [-0.2, 0) is 0 Å². The third-order valence-corrected chi connectivity index (χ3v) is 2.47. The first kappa shape index (κ1) is 10.7. The van der Waals surface area contributed by atoms with Gasteiger partial charge in [0, 0.05) is 11.2 Å². The van der Waals surface area contributed by atoms with E-state index in [4.69, 9.17) is 15.8 Å². The summed E-state index contributed by atoms with van der Waals surface area (Å²) in [5.41, 5.74) is 8.47. The Labute approximate surface area is 94.3 Å². The molecule has 0 radical (unpaired) electrons. The maximum atomic E-state index is 9.04. The van der Waals surface area contributed by atoms with Crippen LogP contribution in [0.1, 0.15) is 0 Å². The summed E-state index contributed by atoms with van der Waals surface area (Å²) in [5.74, 6) is 0. The third-order valence-electron chi connectivity index (χ3n) is 2.47. The Morgan fingerprint density at radius 1 is 0.875 bits per heavy atom. The molecule has 2 aromatic carbocycles. The topological polar surface area (TPSA) is 66.5 Å². The van der Waals surface area contributed by atoms with E-state index in [1.54, 1.807) is 12.1 Å². The van der Waals surface area contributed by atoms with Crippen LogP contribution >= 0.6 is 0 Å². The molecule has 3 nitrogen and oxygen atoms in total. The van der Waals surface area contributed by atoms with Crippen LogP contribution in [-0.4, -0.2) is 17.2 Å². The zero-order valence-corrected chi connectivity index (χ0v) is 8.67. The van der Waals surface area contributed by atoms with Gasteiger partial charge in [0.05, 0.1) is 0 Å². The summed E-state index contributed by atoms with van der Waals surface area (Å²) in [6.07, 6.45) is 0. The van der Waals surface area contributed by atoms with E-state index in [9.17, 15) is 0 Å². The van der Waals surface area contributed by atoms with Crippen LogP contribution in [0.4, 0.5) is 5.69 Å². The molecule has 0 saturated heterocycles. The smallest absolute Gasteiger partial charge is 0.423 e. The lowest BCUT2D eigenvalue weighted by Crippen LogP contribution is -2.32. The molecule has 0 aliphatic heterocycles. The van der Waals surface area contributed by atoms with Crippen molar-refractivity contribution >= 4 is 18.3 Å². The normalized spacial score (nSPS) is 10.1. The van der Waals surface area contributed by atoms with Gasteiger partial charge in [-0.05, 0) is 17.2 Å². The van der Waals surface area contributed by atoms with Crippen molar-refractivity contribution in [2.45, 2.75) is 0 Å². The van der Waals surface area contributed by atoms with Gasteiger partial charge in [-0.2, -0.15) is 0 Å². The van der Waals surface area contributed by atoms with E-state index in [0.717, 1.165) is 11.1 Å². The molecule has 16 heavy (non-hydrogen) atoms. The van der Waals surface area contributed by atoms with Crippen LogP contribution in [0, 0.1) is 0 Å². The van der Waals surface area contributed by atoms with Crippen molar-refractivity contribution in [1.29, 1.82) is 0 Å². The first-order chi connectivity index (χ1) is 7.68. The Balaban J connectivity index is 2.43. The predicted octanol–water partition coefficient (Wildman–Crippen LogP) is 0.616. The molecular weight excluding hydrogens is 201 g/mol. The van der Waals surface area contributed by atoms with Crippen molar-refractivity contribution in [3.05, 3.63) is 48.5 Å². The van der Waals surface area contributed by atoms with Crippen LogP contribution < -0.4 is 11.2 Å². The molecule has 0 fully saturated rings. The lowest BCUT2D eigenvalue weighted by Gasteiger charge is -2.07. The first-order valence-electron chi connectivity index (χ1n) is 4.99. The molecule has 0 aromatic heterocycles. The quantitative estimate of drug-likeness (QED) is 0.505. The summed E-state index contributed by atoms with van der Waals surface area (Å²) in [6.45, 7) is 0. The molecule has 0 unspecified atom stereocenters. The molecule has 0 spiro atoms. The summed E-state index contributed by atoms with van der Waals surface area (Å²) in [7, 11) is -1.52. The minimum Gasteiger partial charge on any atom is -0.423 e. The number of benzene rings is 2. The van der Waals surface area contributed by atoms with E-state index in [2.05, 4.69) is 0 Å². The van der Waals surface area contributed by atoms with E-state index in [0.29, 0.717) is 11.2 Å². The second-order valence-corrected chi connectivity index (χ2v) is 3.58. The summed E-state index contributed by atoms with van der Waals surface area (Å²) in [5, 5.41) is 18.1. The Kier molecular flexibility index (Phi) is 2.94. The molecule has 0 aliphatic carbocycles. The molecule has 0 saturated carbocycles. The fourth-order valence-corrected chi connectivity index (χ4v) is 1.62.